The van der Waals surface area contributed by atoms with Gasteiger partial charge in [-0.15, -0.1) is 12.6 Å². The summed E-state index contributed by atoms with van der Waals surface area (Å²) in [6, 6.07) is 14.5. The van der Waals surface area contributed by atoms with Gasteiger partial charge in [-0.05, 0) is 75.2 Å². The van der Waals surface area contributed by atoms with E-state index in [4.69, 9.17) is 4.74 Å². The molecule has 0 bridgehead atoms. The van der Waals surface area contributed by atoms with Crippen LogP contribution >= 0.6 is 12.6 Å². The molecule has 1 N–H and O–H groups in total. The zero-order valence-corrected chi connectivity index (χ0v) is 18.0. The number of carbonyl (C=O) groups excluding carboxylic acids is 1. The lowest BCUT2D eigenvalue weighted by Crippen LogP contribution is -2.39. The molecule has 0 saturated carbocycles. The van der Waals surface area contributed by atoms with Crippen LogP contribution < -0.4 is 15.0 Å². The second-order valence-corrected chi connectivity index (χ2v) is 8.48. The lowest BCUT2D eigenvalue weighted by atomic mass is 10.2. The van der Waals surface area contributed by atoms with Crippen LogP contribution in [0.4, 0.5) is 11.4 Å². The van der Waals surface area contributed by atoms with Crippen molar-refractivity contribution in [1.29, 1.82) is 0 Å². The molecule has 2 unspecified atom stereocenters. The first kappa shape index (κ1) is 20.1. The minimum Gasteiger partial charge on any atom is -0.497 e. The fourth-order valence-corrected chi connectivity index (χ4v) is 4.77. The Hall–Kier alpha value is -2.18. The predicted octanol–water partition coefficient (Wildman–Crippen LogP) is 4.30. The maximum atomic E-state index is 12.5. The number of likely N-dealkylation sites (tertiary alicyclic amines) is 1. The van der Waals surface area contributed by atoms with Crippen molar-refractivity contribution in [3.63, 3.8) is 0 Å². The molecule has 2 aliphatic heterocycles. The molecule has 1 amide bonds. The van der Waals surface area contributed by atoms with Gasteiger partial charge in [0.05, 0.1) is 12.8 Å². The normalized spacial score (nSPS) is 22.1. The first-order valence-corrected chi connectivity index (χ1v) is 10.8. The van der Waals surface area contributed by atoms with Gasteiger partial charge in [0.15, 0.2) is 0 Å². The van der Waals surface area contributed by atoms with Gasteiger partial charge in [-0.3, -0.25) is 9.69 Å². The maximum Gasteiger partial charge on any atom is 0.255 e. The number of methoxy groups -OCH3 is 1. The van der Waals surface area contributed by atoms with Crippen LogP contribution in [0, 0.1) is 0 Å². The van der Waals surface area contributed by atoms with E-state index in [2.05, 4.69) is 46.8 Å². The van der Waals surface area contributed by atoms with Crippen molar-refractivity contribution < 1.29 is 9.53 Å². The van der Waals surface area contributed by atoms with Crippen LogP contribution in [0.15, 0.2) is 47.4 Å². The van der Waals surface area contributed by atoms with Crippen molar-refractivity contribution in [2.75, 3.05) is 37.0 Å². The van der Waals surface area contributed by atoms with Gasteiger partial charge >= 0.3 is 0 Å². The summed E-state index contributed by atoms with van der Waals surface area (Å²) in [6.07, 6.45) is 3.85. The number of carbonyl (C=O) groups is 1. The number of benzene rings is 2. The predicted molar refractivity (Wildman–Crippen MR) is 121 cm³/mol. The summed E-state index contributed by atoms with van der Waals surface area (Å²) in [7, 11) is 1.61. The molecule has 2 fully saturated rings. The Kier molecular flexibility index (Phi) is 6.01. The quantitative estimate of drug-likeness (QED) is 0.720. The van der Waals surface area contributed by atoms with Crippen LogP contribution in [-0.4, -0.2) is 49.6 Å². The van der Waals surface area contributed by atoms with Crippen LogP contribution in [-0.2, 0) is 0 Å². The van der Waals surface area contributed by atoms with Gasteiger partial charge in [-0.1, -0.05) is 0 Å². The molecule has 154 valence electrons. The third-order valence-corrected chi connectivity index (χ3v) is 6.55. The highest BCUT2D eigenvalue weighted by Gasteiger charge is 2.33. The largest absolute Gasteiger partial charge is 0.497 e. The zero-order chi connectivity index (χ0) is 20.4. The lowest BCUT2D eigenvalue weighted by Gasteiger charge is -2.28. The van der Waals surface area contributed by atoms with Crippen LogP contribution in [0.5, 0.6) is 5.75 Å². The monoisotopic (exact) mass is 411 g/mol. The minimum atomic E-state index is -0.153. The number of anilines is 2. The Bertz CT molecular complexity index is 871. The van der Waals surface area contributed by atoms with Crippen LogP contribution in [0.3, 0.4) is 0 Å². The fourth-order valence-electron chi connectivity index (χ4n) is 4.50. The Labute approximate surface area is 178 Å². The van der Waals surface area contributed by atoms with Gasteiger partial charge in [0.1, 0.15) is 5.75 Å². The summed E-state index contributed by atoms with van der Waals surface area (Å²) in [6.45, 7) is 5.71. The van der Waals surface area contributed by atoms with Crippen LogP contribution in [0.1, 0.15) is 36.5 Å². The van der Waals surface area contributed by atoms with E-state index in [1.807, 2.05) is 6.07 Å². The third kappa shape index (κ3) is 4.38. The number of ether oxygens (including phenoxy) is 1. The highest BCUT2D eigenvalue weighted by molar-refractivity contribution is 7.80. The molecule has 4 rings (SSSR count). The summed E-state index contributed by atoms with van der Waals surface area (Å²) < 4.78 is 5.14. The van der Waals surface area contributed by atoms with Crippen molar-refractivity contribution in [3.05, 3.63) is 48.0 Å². The van der Waals surface area contributed by atoms with Crippen LogP contribution in [0.25, 0.3) is 0 Å². The van der Waals surface area contributed by atoms with E-state index in [1.165, 1.54) is 31.5 Å². The van der Waals surface area contributed by atoms with E-state index in [0.29, 0.717) is 17.6 Å². The second-order valence-electron chi connectivity index (χ2n) is 8.00. The number of nitrogens with zero attached hydrogens (tertiary/aromatic N) is 2. The molecule has 29 heavy (non-hydrogen) atoms. The number of thiol groups is 1. The van der Waals surface area contributed by atoms with E-state index in [9.17, 15) is 4.79 Å². The first-order valence-electron chi connectivity index (χ1n) is 10.3. The number of hydrogen-bond acceptors (Lipinski definition) is 5. The van der Waals surface area contributed by atoms with Gasteiger partial charge in [-0.25, -0.2) is 0 Å². The smallest absolute Gasteiger partial charge is 0.255 e. The fraction of sp³-hybridized carbons (Fsp3) is 0.435. The number of amides is 1. The summed E-state index contributed by atoms with van der Waals surface area (Å²) in [5, 5.41) is 2.96. The summed E-state index contributed by atoms with van der Waals surface area (Å²) in [4.78, 5) is 18.4. The van der Waals surface area contributed by atoms with Crippen molar-refractivity contribution >= 4 is 29.9 Å². The molecule has 5 nitrogen and oxygen atoms in total. The molecule has 2 aromatic carbocycles. The highest BCUT2D eigenvalue weighted by atomic mass is 32.1. The second kappa shape index (κ2) is 8.67. The van der Waals surface area contributed by atoms with Crippen molar-refractivity contribution in [2.45, 2.75) is 43.2 Å². The van der Waals surface area contributed by atoms with E-state index >= 15 is 0 Å². The van der Waals surface area contributed by atoms with Crippen LogP contribution in [0.2, 0.25) is 0 Å². The Morgan fingerprint density at radius 3 is 2.59 bits per heavy atom. The van der Waals surface area contributed by atoms with Gasteiger partial charge in [0.25, 0.3) is 5.91 Å². The van der Waals surface area contributed by atoms with Gasteiger partial charge in [0.2, 0.25) is 0 Å². The van der Waals surface area contributed by atoms with Gasteiger partial charge in [0, 0.05) is 41.3 Å². The summed E-state index contributed by atoms with van der Waals surface area (Å²) >= 11 is 4.63. The minimum absolute atomic E-state index is 0.153. The highest BCUT2D eigenvalue weighted by Crippen LogP contribution is 2.31. The summed E-state index contributed by atoms with van der Waals surface area (Å²) in [5.74, 6) is 0.577. The van der Waals surface area contributed by atoms with Crippen molar-refractivity contribution in [1.82, 2.24) is 4.90 Å². The van der Waals surface area contributed by atoms with Crippen molar-refractivity contribution in [2.24, 2.45) is 0 Å². The van der Waals surface area contributed by atoms with E-state index in [0.717, 1.165) is 29.4 Å². The Balaban J connectivity index is 1.40. The number of hydrogen-bond donors (Lipinski definition) is 2. The Morgan fingerprint density at radius 1 is 1.14 bits per heavy atom. The number of nitrogens with one attached hydrogen (secondary N) is 1. The standard InChI is InChI=1S/C23H29N3O2S/c1-16-4-3-12-26(16)19-11-13-25(15-19)18-7-10-21(22(29)14-18)24-23(27)17-5-8-20(28-2)9-6-17/h5-10,14,16,19,29H,3-4,11-13,15H2,1-2H3,(H,24,27). The molecule has 2 aromatic rings. The van der Waals surface area contributed by atoms with E-state index < -0.39 is 0 Å². The average molecular weight is 412 g/mol. The first-order chi connectivity index (χ1) is 14.0. The molecule has 2 atom stereocenters. The molecule has 6 heteroatoms. The van der Waals surface area contributed by atoms with E-state index in [-0.39, 0.29) is 5.91 Å². The van der Waals surface area contributed by atoms with Gasteiger partial charge < -0.3 is 15.0 Å². The Morgan fingerprint density at radius 2 is 1.93 bits per heavy atom. The molecule has 2 saturated heterocycles. The number of rotatable bonds is 5. The SMILES string of the molecule is COc1ccc(C(=O)Nc2ccc(N3CCC(N4CCCC4C)C3)cc2S)cc1. The van der Waals surface area contributed by atoms with Gasteiger partial charge in [-0.2, -0.15) is 0 Å². The molecule has 2 heterocycles. The molecular formula is C23H29N3O2S. The van der Waals surface area contributed by atoms with E-state index in [1.54, 1.807) is 31.4 Å². The molecule has 0 spiro atoms. The average Bonchev–Trinajstić information content (AvgIpc) is 3.38. The third-order valence-electron chi connectivity index (χ3n) is 6.18. The maximum absolute atomic E-state index is 12.5. The molecule has 0 aromatic heterocycles. The summed E-state index contributed by atoms with van der Waals surface area (Å²) in [5.41, 5.74) is 2.48. The molecule has 0 radical (unpaired) electrons. The topological polar surface area (TPSA) is 44.8 Å². The lowest BCUT2D eigenvalue weighted by molar-refractivity contribution is 0.102. The zero-order valence-electron chi connectivity index (χ0n) is 17.1. The molecule has 2 aliphatic rings. The van der Waals surface area contributed by atoms with Crippen molar-refractivity contribution in [3.8, 4) is 5.75 Å². The molecular weight excluding hydrogens is 382 g/mol. The molecule has 0 aliphatic carbocycles.